The van der Waals surface area contributed by atoms with Crippen LogP contribution in [0.3, 0.4) is 0 Å². The first-order chi connectivity index (χ1) is 6.46. The number of rotatable bonds is 1. The summed E-state index contributed by atoms with van der Waals surface area (Å²) in [4.78, 5) is 3.47. The molecule has 0 fully saturated rings. The lowest BCUT2D eigenvalue weighted by atomic mass is 10.1. The fraction of sp³-hybridized carbons (Fsp3) is 0.250. The lowest BCUT2D eigenvalue weighted by Crippen LogP contribution is -2.11. The Bertz CT molecular complexity index is 381. The second-order valence-corrected chi connectivity index (χ2v) is 2.85. The van der Waals surface area contributed by atoms with Crippen LogP contribution < -0.4 is 0 Å². The van der Waals surface area contributed by atoms with Gasteiger partial charge in [0.15, 0.2) is 0 Å². The molecule has 0 spiro atoms. The monoisotopic (exact) mass is 220 g/mol. The van der Waals surface area contributed by atoms with Gasteiger partial charge in [-0.05, 0) is 6.07 Å². The molecule has 14 heavy (non-hydrogen) atoms. The van der Waals surface area contributed by atoms with Gasteiger partial charge < -0.3 is 0 Å². The van der Waals surface area contributed by atoms with Gasteiger partial charge in [-0.15, -0.1) is 0 Å². The van der Waals surface area contributed by atoms with E-state index in [0.717, 1.165) is 12.3 Å². The van der Waals surface area contributed by atoms with Crippen LogP contribution in [0.25, 0.3) is 0 Å². The number of hydrogen-bond acceptors (Lipinski definition) is 2. The van der Waals surface area contributed by atoms with Crippen LogP contribution in [0.2, 0.25) is 5.02 Å². The van der Waals surface area contributed by atoms with Crippen molar-refractivity contribution in [1.29, 1.82) is 5.26 Å². The average molecular weight is 221 g/mol. The first-order valence-corrected chi connectivity index (χ1v) is 3.92. The highest BCUT2D eigenvalue weighted by Crippen LogP contribution is 2.36. The minimum atomic E-state index is -4.57. The number of alkyl halides is 3. The van der Waals surface area contributed by atoms with Crippen molar-refractivity contribution in [2.75, 3.05) is 0 Å². The summed E-state index contributed by atoms with van der Waals surface area (Å²) >= 11 is 5.38. The molecule has 0 unspecified atom stereocenters. The topological polar surface area (TPSA) is 36.7 Å². The van der Waals surface area contributed by atoms with Crippen molar-refractivity contribution < 1.29 is 13.2 Å². The molecule has 6 heteroatoms. The molecule has 0 bridgehead atoms. The van der Waals surface area contributed by atoms with Crippen LogP contribution >= 0.6 is 11.6 Å². The highest BCUT2D eigenvalue weighted by molar-refractivity contribution is 6.31. The van der Waals surface area contributed by atoms with Gasteiger partial charge in [-0.1, -0.05) is 11.6 Å². The molecule has 0 aliphatic rings. The van der Waals surface area contributed by atoms with Gasteiger partial charge in [-0.2, -0.15) is 18.4 Å². The van der Waals surface area contributed by atoms with Crippen molar-refractivity contribution in [3.63, 3.8) is 0 Å². The van der Waals surface area contributed by atoms with Crippen LogP contribution in [0.5, 0.6) is 0 Å². The zero-order valence-electron chi connectivity index (χ0n) is 6.77. The fourth-order valence-electron chi connectivity index (χ4n) is 0.986. The van der Waals surface area contributed by atoms with Gasteiger partial charge in [0.05, 0.1) is 28.8 Å². The minimum absolute atomic E-state index is 0.340. The average Bonchev–Trinajstić information content (AvgIpc) is 2.02. The molecule has 1 aromatic rings. The Balaban J connectivity index is 3.31. The summed E-state index contributed by atoms with van der Waals surface area (Å²) in [6.45, 7) is 0. The third-order valence-corrected chi connectivity index (χ3v) is 1.82. The summed E-state index contributed by atoms with van der Waals surface area (Å²) in [6.07, 6.45) is -3.84. The largest absolute Gasteiger partial charge is 0.419 e. The van der Waals surface area contributed by atoms with Crippen LogP contribution in [0.4, 0.5) is 13.2 Å². The lowest BCUT2D eigenvalue weighted by Gasteiger charge is -2.11. The molecule has 0 aliphatic carbocycles. The van der Waals surface area contributed by atoms with E-state index in [9.17, 15) is 13.2 Å². The number of pyridine rings is 1. The summed E-state index contributed by atoms with van der Waals surface area (Å²) in [5.74, 6) is 0. The second-order valence-electron chi connectivity index (χ2n) is 2.45. The van der Waals surface area contributed by atoms with E-state index in [1.54, 1.807) is 6.07 Å². The maximum atomic E-state index is 12.4. The molecule has 1 rings (SSSR count). The first kappa shape index (κ1) is 10.8. The second kappa shape index (κ2) is 3.84. The van der Waals surface area contributed by atoms with Crippen LogP contribution in [0, 0.1) is 11.3 Å². The third-order valence-electron chi connectivity index (χ3n) is 1.51. The highest BCUT2D eigenvalue weighted by Gasteiger charge is 2.36. The van der Waals surface area contributed by atoms with E-state index >= 15 is 0 Å². The quantitative estimate of drug-likeness (QED) is 0.730. The van der Waals surface area contributed by atoms with E-state index in [2.05, 4.69) is 4.98 Å². The molecular weight excluding hydrogens is 217 g/mol. The number of nitriles is 1. The number of nitrogens with zero attached hydrogens (tertiary/aromatic N) is 2. The normalized spacial score (nSPS) is 11.1. The molecular formula is C8H4ClF3N2. The van der Waals surface area contributed by atoms with Gasteiger partial charge in [0.1, 0.15) is 0 Å². The van der Waals surface area contributed by atoms with Crippen LogP contribution in [0.1, 0.15) is 11.3 Å². The Hall–Kier alpha value is -1.28. The van der Waals surface area contributed by atoms with Gasteiger partial charge >= 0.3 is 6.18 Å². The standard InChI is InChI=1S/C8H4ClF3N2/c9-5-2-4-14-6(1-3-13)7(5)8(10,11)12/h2,4H,1H2. The van der Waals surface area contributed by atoms with Crippen molar-refractivity contribution in [2.45, 2.75) is 12.6 Å². The van der Waals surface area contributed by atoms with Crippen LogP contribution in [-0.4, -0.2) is 4.98 Å². The maximum Gasteiger partial charge on any atom is 0.419 e. The van der Waals surface area contributed by atoms with E-state index in [4.69, 9.17) is 16.9 Å². The molecule has 0 aliphatic heterocycles. The van der Waals surface area contributed by atoms with E-state index in [-0.39, 0.29) is 5.69 Å². The van der Waals surface area contributed by atoms with E-state index in [0.29, 0.717) is 0 Å². The zero-order valence-corrected chi connectivity index (χ0v) is 7.52. The summed E-state index contributed by atoms with van der Waals surface area (Å²) in [6, 6.07) is 2.65. The van der Waals surface area contributed by atoms with Crippen molar-refractivity contribution in [1.82, 2.24) is 4.98 Å². The van der Waals surface area contributed by atoms with Crippen molar-refractivity contribution in [3.05, 3.63) is 28.5 Å². The van der Waals surface area contributed by atoms with Crippen molar-refractivity contribution >= 4 is 11.6 Å². The molecule has 0 saturated heterocycles. The molecule has 1 heterocycles. The predicted molar refractivity (Wildman–Crippen MR) is 43.6 cm³/mol. The molecule has 0 radical (unpaired) electrons. The van der Waals surface area contributed by atoms with Gasteiger partial charge in [0, 0.05) is 6.20 Å². The number of halogens is 4. The fourth-order valence-corrected chi connectivity index (χ4v) is 1.26. The highest BCUT2D eigenvalue weighted by atomic mass is 35.5. The molecule has 0 atom stereocenters. The molecule has 74 valence electrons. The Labute approximate surface area is 82.9 Å². The molecule has 0 aromatic carbocycles. The first-order valence-electron chi connectivity index (χ1n) is 3.54. The summed E-state index contributed by atoms with van der Waals surface area (Å²) in [5, 5.41) is 7.87. The minimum Gasteiger partial charge on any atom is -0.259 e. The maximum absolute atomic E-state index is 12.4. The van der Waals surface area contributed by atoms with Gasteiger partial charge in [0.25, 0.3) is 0 Å². The molecule has 1 aromatic heterocycles. The number of hydrogen-bond donors (Lipinski definition) is 0. The Morgan fingerprint density at radius 2 is 2.14 bits per heavy atom. The number of aromatic nitrogens is 1. The lowest BCUT2D eigenvalue weighted by molar-refractivity contribution is -0.138. The van der Waals surface area contributed by atoms with Gasteiger partial charge in [-0.3, -0.25) is 4.98 Å². The van der Waals surface area contributed by atoms with Crippen LogP contribution in [-0.2, 0) is 12.6 Å². The summed E-state index contributed by atoms with van der Waals surface area (Å²) in [7, 11) is 0. The molecule has 0 saturated carbocycles. The van der Waals surface area contributed by atoms with E-state index in [1.807, 2.05) is 0 Å². The SMILES string of the molecule is N#CCc1nccc(Cl)c1C(F)(F)F. The Morgan fingerprint density at radius 3 is 2.64 bits per heavy atom. The van der Waals surface area contributed by atoms with Crippen LogP contribution in [0.15, 0.2) is 12.3 Å². The van der Waals surface area contributed by atoms with E-state index < -0.39 is 23.2 Å². The van der Waals surface area contributed by atoms with Gasteiger partial charge in [0.2, 0.25) is 0 Å². The van der Waals surface area contributed by atoms with Crippen molar-refractivity contribution in [2.24, 2.45) is 0 Å². The summed E-state index contributed by atoms with van der Waals surface area (Å²) in [5.41, 5.74) is -1.37. The molecule has 0 N–H and O–H groups in total. The smallest absolute Gasteiger partial charge is 0.259 e. The third kappa shape index (κ3) is 2.15. The summed E-state index contributed by atoms with van der Waals surface area (Å²) < 4.78 is 37.2. The van der Waals surface area contributed by atoms with Gasteiger partial charge in [-0.25, -0.2) is 0 Å². The van der Waals surface area contributed by atoms with Crippen molar-refractivity contribution in [3.8, 4) is 6.07 Å². The predicted octanol–water partition coefficient (Wildman–Crippen LogP) is 2.82. The van der Waals surface area contributed by atoms with E-state index in [1.165, 1.54) is 0 Å². The Kier molecular flexibility index (Phi) is 2.96. The zero-order chi connectivity index (χ0) is 10.8. The Morgan fingerprint density at radius 1 is 1.50 bits per heavy atom. The molecule has 0 amide bonds. The molecule has 2 nitrogen and oxygen atoms in total.